The van der Waals surface area contributed by atoms with E-state index < -0.39 is 0 Å². The molecule has 2 heterocycles. The Hall–Kier alpha value is -2.60. The standard InChI is InChI=1S/C20H25N3O3/c24-20(22-12-14-26-18-5-2-1-3-6-18)23(16-19-7-4-13-25-19)15-17-8-10-21-11-9-17/h1-3,5-6,8-11,19H,4,7,12-16H2,(H,22,24). The first kappa shape index (κ1) is 18.2. The fraction of sp³-hybridized carbons (Fsp3) is 0.400. The Bertz CT molecular complexity index is 661. The molecule has 6 heteroatoms. The predicted molar refractivity (Wildman–Crippen MR) is 99.0 cm³/mol. The Labute approximate surface area is 154 Å². The predicted octanol–water partition coefficient (Wildman–Crippen LogP) is 2.85. The number of pyridine rings is 1. The molecule has 138 valence electrons. The highest BCUT2D eigenvalue weighted by atomic mass is 16.5. The van der Waals surface area contributed by atoms with Crippen LogP contribution >= 0.6 is 0 Å². The highest BCUT2D eigenvalue weighted by molar-refractivity contribution is 5.74. The third-order valence-electron chi connectivity index (χ3n) is 4.25. The minimum Gasteiger partial charge on any atom is -0.492 e. The SMILES string of the molecule is O=C(NCCOc1ccccc1)N(Cc1ccncc1)CC1CCCO1. The van der Waals surface area contributed by atoms with Crippen molar-refractivity contribution in [2.75, 3.05) is 26.3 Å². The van der Waals surface area contributed by atoms with Gasteiger partial charge in [0.15, 0.2) is 0 Å². The fourth-order valence-corrected chi connectivity index (χ4v) is 2.92. The van der Waals surface area contributed by atoms with Crippen LogP contribution in [0.3, 0.4) is 0 Å². The van der Waals surface area contributed by atoms with E-state index in [1.54, 1.807) is 17.3 Å². The molecule has 2 aromatic rings. The molecule has 1 aromatic carbocycles. The van der Waals surface area contributed by atoms with E-state index in [9.17, 15) is 4.79 Å². The lowest BCUT2D eigenvalue weighted by molar-refractivity contribution is 0.0793. The summed E-state index contributed by atoms with van der Waals surface area (Å²) in [4.78, 5) is 18.5. The molecule has 1 fully saturated rings. The van der Waals surface area contributed by atoms with E-state index in [0.717, 1.165) is 30.8 Å². The maximum Gasteiger partial charge on any atom is 0.317 e. The molecule has 1 aliphatic heterocycles. The van der Waals surface area contributed by atoms with Crippen LogP contribution in [0.15, 0.2) is 54.9 Å². The van der Waals surface area contributed by atoms with E-state index in [4.69, 9.17) is 9.47 Å². The Morgan fingerprint density at radius 1 is 1.23 bits per heavy atom. The summed E-state index contributed by atoms with van der Waals surface area (Å²) in [5.41, 5.74) is 1.05. The molecule has 0 bridgehead atoms. The largest absolute Gasteiger partial charge is 0.492 e. The number of nitrogens with zero attached hydrogens (tertiary/aromatic N) is 2. The first-order chi connectivity index (χ1) is 12.8. The van der Waals surface area contributed by atoms with Gasteiger partial charge in [0.2, 0.25) is 0 Å². The number of ether oxygens (including phenoxy) is 2. The van der Waals surface area contributed by atoms with Crippen molar-refractivity contribution in [2.24, 2.45) is 0 Å². The molecule has 2 amide bonds. The summed E-state index contributed by atoms with van der Waals surface area (Å²) in [6, 6.07) is 13.3. The highest BCUT2D eigenvalue weighted by Crippen LogP contribution is 2.15. The van der Waals surface area contributed by atoms with Gasteiger partial charge in [0.1, 0.15) is 12.4 Å². The van der Waals surface area contributed by atoms with Crippen molar-refractivity contribution in [3.05, 3.63) is 60.4 Å². The van der Waals surface area contributed by atoms with Gasteiger partial charge in [-0.3, -0.25) is 4.98 Å². The molecule has 0 aliphatic carbocycles. The van der Waals surface area contributed by atoms with Gasteiger partial charge >= 0.3 is 6.03 Å². The number of aromatic nitrogens is 1. The van der Waals surface area contributed by atoms with E-state index >= 15 is 0 Å². The second-order valence-corrected chi connectivity index (χ2v) is 6.26. The third-order valence-corrected chi connectivity index (χ3v) is 4.25. The summed E-state index contributed by atoms with van der Waals surface area (Å²) < 4.78 is 11.3. The molecule has 1 saturated heterocycles. The number of amides is 2. The molecule has 0 saturated carbocycles. The average molecular weight is 355 g/mol. The summed E-state index contributed by atoms with van der Waals surface area (Å²) in [6.45, 7) is 2.78. The molecular weight excluding hydrogens is 330 g/mol. The second kappa shape index (κ2) is 9.77. The maximum absolute atomic E-state index is 12.6. The van der Waals surface area contributed by atoms with E-state index in [-0.39, 0.29) is 12.1 Å². The van der Waals surface area contributed by atoms with Crippen LogP contribution in [0.2, 0.25) is 0 Å². The number of hydrogen-bond donors (Lipinski definition) is 1. The van der Waals surface area contributed by atoms with Gasteiger partial charge in [-0.25, -0.2) is 4.79 Å². The lowest BCUT2D eigenvalue weighted by Gasteiger charge is -2.26. The van der Waals surface area contributed by atoms with Crippen LogP contribution in [-0.2, 0) is 11.3 Å². The van der Waals surface area contributed by atoms with Crippen molar-refractivity contribution in [2.45, 2.75) is 25.5 Å². The van der Waals surface area contributed by atoms with Gasteiger partial charge < -0.3 is 19.7 Å². The van der Waals surface area contributed by atoms with Crippen LogP contribution in [0.1, 0.15) is 18.4 Å². The average Bonchev–Trinajstić information content (AvgIpc) is 3.19. The molecule has 0 radical (unpaired) electrons. The number of carbonyl (C=O) groups is 1. The van der Waals surface area contributed by atoms with Gasteiger partial charge in [0.05, 0.1) is 12.6 Å². The van der Waals surface area contributed by atoms with Crippen molar-refractivity contribution in [1.82, 2.24) is 15.2 Å². The van der Waals surface area contributed by atoms with Crippen molar-refractivity contribution in [3.63, 3.8) is 0 Å². The fourth-order valence-electron chi connectivity index (χ4n) is 2.92. The molecule has 1 aliphatic rings. The van der Waals surface area contributed by atoms with Crippen molar-refractivity contribution < 1.29 is 14.3 Å². The first-order valence-electron chi connectivity index (χ1n) is 9.02. The molecule has 26 heavy (non-hydrogen) atoms. The molecule has 6 nitrogen and oxygen atoms in total. The number of benzene rings is 1. The summed E-state index contributed by atoms with van der Waals surface area (Å²) in [5, 5.41) is 2.94. The van der Waals surface area contributed by atoms with E-state index in [0.29, 0.717) is 26.2 Å². The first-order valence-corrected chi connectivity index (χ1v) is 9.02. The lowest BCUT2D eigenvalue weighted by atomic mass is 10.2. The van der Waals surface area contributed by atoms with Crippen LogP contribution < -0.4 is 10.1 Å². The number of urea groups is 1. The van der Waals surface area contributed by atoms with Crippen molar-refractivity contribution in [1.29, 1.82) is 0 Å². The van der Waals surface area contributed by atoms with Crippen molar-refractivity contribution >= 4 is 6.03 Å². The summed E-state index contributed by atoms with van der Waals surface area (Å²) in [6.07, 6.45) is 5.65. The lowest BCUT2D eigenvalue weighted by Crippen LogP contribution is -2.44. The molecule has 1 N–H and O–H groups in total. The van der Waals surface area contributed by atoms with E-state index in [1.807, 2.05) is 42.5 Å². The normalized spacial score (nSPS) is 16.2. The molecule has 1 aromatic heterocycles. The smallest absolute Gasteiger partial charge is 0.317 e. The zero-order chi connectivity index (χ0) is 18.0. The van der Waals surface area contributed by atoms with Gasteiger partial charge in [-0.05, 0) is 42.7 Å². The van der Waals surface area contributed by atoms with Crippen LogP contribution in [0, 0.1) is 0 Å². The molecule has 1 unspecified atom stereocenters. The number of nitrogens with one attached hydrogen (secondary N) is 1. The Kier molecular flexibility index (Phi) is 6.84. The number of hydrogen-bond acceptors (Lipinski definition) is 4. The van der Waals surface area contributed by atoms with E-state index in [2.05, 4.69) is 10.3 Å². The molecular formula is C20H25N3O3. The molecule has 3 rings (SSSR count). The van der Waals surface area contributed by atoms with Gasteiger partial charge in [-0.15, -0.1) is 0 Å². The zero-order valence-corrected chi connectivity index (χ0v) is 14.8. The van der Waals surface area contributed by atoms with Crippen LogP contribution in [0.4, 0.5) is 4.79 Å². The van der Waals surface area contributed by atoms with Crippen LogP contribution in [0.25, 0.3) is 0 Å². The monoisotopic (exact) mass is 355 g/mol. The highest BCUT2D eigenvalue weighted by Gasteiger charge is 2.22. The van der Waals surface area contributed by atoms with Crippen molar-refractivity contribution in [3.8, 4) is 5.75 Å². The molecule has 0 spiro atoms. The Morgan fingerprint density at radius 3 is 2.77 bits per heavy atom. The van der Waals surface area contributed by atoms with Crippen LogP contribution in [-0.4, -0.2) is 48.3 Å². The number of para-hydroxylation sites is 1. The summed E-state index contributed by atoms with van der Waals surface area (Å²) in [7, 11) is 0. The molecule has 1 atom stereocenters. The Morgan fingerprint density at radius 2 is 2.04 bits per heavy atom. The summed E-state index contributed by atoms with van der Waals surface area (Å²) >= 11 is 0. The summed E-state index contributed by atoms with van der Waals surface area (Å²) in [5.74, 6) is 0.801. The Balaban J connectivity index is 1.50. The van der Waals surface area contributed by atoms with Crippen LogP contribution in [0.5, 0.6) is 5.75 Å². The second-order valence-electron chi connectivity index (χ2n) is 6.26. The van der Waals surface area contributed by atoms with Gasteiger partial charge in [0, 0.05) is 32.1 Å². The van der Waals surface area contributed by atoms with E-state index in [1.165, 1.54) is 0 Å². The topological polar surface area (TPSA) is 63.7 Å². The number of rotatable bonds is 8. The minimum absolute atomic E-state index is 0.103. The maximum atomic E-state index is 12.6. The quantitative estimate of drug-likeness (QED) is 0.740. The third kappa shape index (κ3) is 5.74. The minimum atomic E-state index is -0.103. The van der Waals surface area contributed by atoms with Gasteiger partial charge in [-0.2, -0.15) is 0 Å². The van der Waals surface area contributed by atoms with Gasteiger partial charge in [0.25, 0.3) is 0 Å². The van der Waals surface area contributed by atoms with Gasteiger partial charge in [-0.1, -0.05) is 18.2 Å². The zero-order valence-electron chi connectivity index (χ0n) is 14.8. The number of carbonyl (C=O) groups excluding carboxylic acids is 1.